The van der Waals surface area contributed by atoms with Crippen LogP contribution >= 0.6 is 22.7 Å². The highest BCUT2D eigenvalue weighted by Gasteiger charge is 2.22. The van der Waals surface area contributed by atoms with Crippen molar-refractivity contribution < 1.29 is 0 Å². The normalized spacial score (nSPS) is 12.2. The second kappa shape index (κ2) is 8.78. The first kappa shape index (κ1) is 23.6. The average Bonchev–Trinajstić information content (AvgIpc) is 3.75. The van der Waals surface area contributed by atoms with E-state index in [9.17, 15) is 0 Å². The minimum atomic E-state index is 1.19. The molecular weight excluding hydrogens is 559 g/mol. The van der Waals surface area contributed by atoms with E-state index >= 15 is 0 Å². The molecule has 0 spiro atoms. The number of benzene rings is 7. The van der Waals surface area contributed by atoms with E-state index < -0.39 is 0 Å². The molecule has 1 nitrogen and oxygen atoms in total. The molecule has 0 N–H and O–H groups in total. The van der Waals surface area contributed by atoms with Crippen molar-refractivity contribution in [1.29, 1.82) is 0 Å². The summed E-state index contributed by atoms with van der Waals surface area (Å²) in [6.07, 6.45) is 0. The Kier molecular flexibility index (Phi) is 4.81. The summed E-state index contributed by atoms with van der Waals surface area (Å²) in [7, 11) is 0. The van der Waals surface area contributed by atoms with Crippen LogP contribution in [0.2, 0.25) is 0 Å². The van der Waals surface area contributed by atoms with Crippen LogP contribution in [0, 0.1) is 0 Å². The van der Waals surface area contributed by atoms with Crippen molar-refractivity contribution in [3.63, 3.8) is 0 Å². The quantitative estimate of drug-likeness (QED) is 0.191. The Hall–Kier alpha value is -4.96. The predicted molar refractivity (Wildman–Crippen MR) is 190 cm³/mol. The van der Waals surface area contributed by atoms with Gasteiger partial charge in [-0.25, -0.2) is 0 Å². The zero-order chi connectivity index (χ0) is 28.1. The Labute approximate surface area is 255 Å². The lowest BCUT2D eigenvalue weighted by atomic mass is 9.98. The Morgan fingerprint density at radius 2 is 1.02 bits per heavy atom. The third kappa shape index (κ3) is 3.21. The summed E-state index contributed by atoms with van der Waals surface area (Å²) in [5.74, 6) is 0. The monoisotopic (exact) mass is 581 g/mol. The maximum absolute atomic E-state index is 2.52. The average molecular weight is 582 g/mol. The predicted octanol–water partition coefficient (Wildman–Crippen LogP) is 12.3. The number of thiophene rings is 2. The molecule has 0 unspecified atom stereocenters. The molecule has 43 heavy (non-hydrogen) atoms. The second-order valence-electron chi connectivity index (χ2n) is 11.3. The van der Waals surface area contributed by atoms with Crippen LogP contribution in [0.15, 0.2) is 140 Å². The van der Waals surface area contributed by atoms with Crippen LogP contribution in [0.1, 0.15) is 0 Å². The van der Waals surface area contributed by atoms with Crippen molar-refractivity contribution >= 4 is 95.6 Å². The van der Waals surface area contributed by atoms with E-state index in [1.165, 1.54) is 89.7 Å². The highest BCUT2D eigenvalue weighted by atomic mass is 32.1. The molecule has 0 saturated carbocycles. The molecule has 0 aliphatic carbocycles. The summed E-state index contributed by atoms with van der Waals surface area (Å²) < 4.78 is 7.87. The van der Waals surface area contributed by atoms with E-state index in [-0.39, 0.29) is 0 Å². The summed E-state index contributed by atoms with van der Waals surface area (Å²) in [6.45, 7) is 0. The Bertz CT molecular complexity index is 2740. The molecule has 200 valence electrons. The molecule has 0 atom stereocenters. The number of fused-ring (bicyclic) bond motifs is 13. The molecular formula is C40H23NS2. The van der Waals surface area contributed by atoms with Crippen molar-refractivity contribution in [2.75, 3.05) is 0 Å². The summed E-state index contributed by atoms with van der Waals surface area (Å²) in [6, 6.07) is 51.4. The largest absolute Gasteiger partial charge is 0.308 e. The topological polar surface area (TPSA) is 4.93 Å². The van der Waals surface area contributed by atoms with E-state index in [0.29, 0.717) is 0 Å². The van der Waals surface area contributed by atoms with Crippen LogP contribution in [-0.4, -0.2) is 4.57 Å². The zero-order valence-electron chi connectivity index (χ0n) is 23.0. The van der Waals surface area contributed by atoms with Gasteiger partial charge in [-0.3, -0.25) is 0 Å². The van der Waals surface area contributed by atoms with E-state index in [2.05, 4.69) is 144 Å². The van der Waals surface area contributed by atoms with Crippen molar-refractivity contribution in [3.05, 3.63) is 140 Å². The number of rotatable bonds is 2. The number of para-hydroxylation sites is 1. The molecule has 0 bridgehead atoms. The van der Waals surface area contributed by atoms with Gasteiger partial charge in [0, 0.05) is 52.1 Å². The number of hydrogen-bond acceptors (Lipinski definition) is 2. The molecule has 3 heterocycles. The maximum Gasteiger partial charge on any atom is 0.0726 e. The van der Waals surface area contributed by atoms with Gasteiger partial charge < -0.3 is 4.57 Å². The van der Waals surface area contributed by atoms with E-state index in [0.717, 1.165) is 0 Å². The lowest BCUT2D eigenvalue weighted by molar-refractivity contribution is 1.19. The molecule has 0 aliphatic rings. The SMILES string of the molecule is c1cc(-c2cccc3sc4ccccc4c23)cc(-n2c3ccccc3c3c4ccccc4c4c5ccccc5sc4c32)c1. The van der Waals surface area contributed by atoms with Crippen molar-refractivity contribution in [2.45, 2.75) is 0 Å². The van der Waals surface area contributed by atoms with Crippen molar-refractivity contribution in [2.24, 2.45) is 0 Å². The zero-order valence-corrected chi connectivity index (χ0v) is 24.7. The molecule has 10 rings (SSSR count). The molecule has 3 aromatic heterocycles. The lowest BCUT2D eigenvalue weighted by Gasteiger charge is -2.12. The van der Waals surface area contributed by atoms with Crippen LogP contribution in [-0.2, 0) is 0 Å². The van der Waals surface area contributed by atoms with Crippen LogP contribution in [0.5, 0.6) is 0 Å². The van der Waals surface area contributed by atoms with Gasteiger partial charge in [0.1, 0.15) is 0 Å². The van der Waals surface area contributed by atoms with Gasteiger partial charge in [-0.1, -0.05) is 103 Å². The Balaban J connectivity index is 1.36. The lowest BCUT2D eigenvalue weighted by Crippen LogP contribution is -1.95. The summed E-state index contributed by atoms with van der Waals surface area (Å²) in [5, 5.41) is 10.6. The van der Waals surface area contributed by atoms with Gasteiger partial charge in [0.15, 0.2) is 0 Å². The van der Waals surface area contributed by atoms with Crippen LogP contribution in [0.4, 0.5) is 0 Å². The van der Waals surface area contributed by atoms with Gasteiger partial charge in [0.05, 0.1) is 15.7 Å². The first-order chi connectivity index (χ1) is 21.3. The van der Waals surface area contributed by atoms with Crippen LogP contribution < -0.4 is 0 Å². The minimum Gasteiger partial charge on any atom is -0.308 e. The van der Waals surface area contributed by atoms with E-state index in [1.54, 1.807) is 0 Å². The third-order valence-electron chi connectivity index (χ3n) is 8.97. The first-order valence-electron chi connectivity index (χ1n) is 14.6. The van der Waals surface area contributed by atoms with Gasteiger partial charge in [0.25, 0.3) is 0 Å². The molecule has 3 heteroatoms. The van der Waals surface area contributed by atoms with E-state index in [1.807, 2.05) is 22.7 Å². The van der Waals surface area contributed by atoms with Crippen molar-refractivity contribution in [1.82, 2.24) is 4.57 Å². The number of aromatic nitrogens is 1. The fourth-order valence-corrected chi connectivity index (χ4v) is 9.61. The fraction of sp³-hybridized carbons (Fsp3) is 0. The number of nitrogens with zero attached hydrogens (tertiary/aromatic N) is 1. The minimum absolute atomic E-state index is 1.19. The third-order valence-corrected chi connectivity index (χ3v) is 11.3. The Morgan fingerprint density at radius 3 is 1.84 bits per heavy atom. The maximum atomic E-state index is 2.52. The molecule has 0 aliphatic heterocycles. The standard InChI is InChI=1S/C40H23NS2/c1-2-14-28-27(13-1)37-29-15-3-6-19-32(29)41(39(37)40-38(28)31-17-5-8-21-34(31)43-40)25-12-9-11-24(23-25)26-18-10-22-35-36(26)30-16-4-7-20-33(30)42-35/h1-23H. The van der Waals surface area contributed by atoms with E-state index in [4.69, 9.17) is 0 Å². The summed E-state index contributed by atoms with van der Waals surface area (Å²) in [4.78, 5) is 0. The molecule has 10 aromatic rings. The molecule has 7 aromatic carbocycles. The van der Waals surface area contributed by atoms with Crippen LogP contribution in [0.25, 0.3) is 89.7 Å². The first-order valence-corrected chi connectivity index (χ1v) is 16.2. The van der Waals surface area contributed by atoms with Gasteiger partial charge >= 0.3 is 0 Å². The van der Waals surface area contributed by atoms with Gasteiger partial charge in [0.2, 0.25) is 0 Å². The van der Waals surface area contributed by atoms with Gasteiger partial charge in [-0.15, -0.1) is 22.7 Å². The van der Waals surface area contributed by atoms with Gasteiger partial charge in [-0.2, -0.15) is 0 Å². The molecule has 0 saturated heterocycles. The summed E-state index contributed by atoms with van der Waals surface area (Å²) >= 11 is 3.79. The number of hydrogen-bond donors (Lipinski definition) is 0. The molecule has 0 radical (unpaired) electrons. The van der Waals surface area contributed by atoms with Crippen LogP contribution in [0.3, 0.4) is 0 Å². The highest BCUT2D eigenvalue weighted by Crippen LogP contribution is 2.48. The Morgan fingerprint density at radius 1 is 0.419 bits per heavy atom. The smallest absolute Gasteiger partial charge is 0.0726 e. The molecule has 0 amide bonds. The second-order valence-corrected chi connectivity index (χ2v) is 13.4. The van der Waals surface area contributed by atoms with Gasteiger partial charge in [-0.05, 0) is 58.3 Å². The van der Waals surface area contributed by atoms with Crippen molar-refractivity contribution in [3.8, 4) is 16.8 Å². The fourth-order valence-electron chi connectivity index (χ4n) is 7.22. The highest BCUT2D eigenvalue weighted by molar-refractivity contribution is 7.27. The molecule has 0 fully saturated rings. The summed E-state index contributed by atoms with van der Waals surface area (Å²) in [5.41, 5.74) is 6.26.